The first-order valence-electron chi connectivity index (χ1n) is 8.12. The van der Waals surface area contributed by atoms with E-state index in [1.807, 2.05) is 20.8 Å². The highest BCUT2D eigenvalue weighted by Gasteiger charge is 2.42. The van der Waals surface area contributed by atoms with Crippen molar-refractivity contribution in [2.75, 3.05) is 19.0 Å². The number of benzene rings is 1. The van der Waals surface area contributed by atoms with Crippen molar-refractivity contribution in [1.29, 1.82) is 0 Å². The molecular formula is C17H25ClN2O4. The average molecular weight is 357 g/mol. The van der Waals surface area contributed by atoms with Crippen LogP contribution in [0.15, 0.2) is 18.2 Å². The van der Waals surface area contributed by atoms with E-state index in [9.17, 15) is 4.79 Å². The summed E-state index contributed by atoms with van der Waals surface area (Å²) in [5, 5.41) is 6.11. The van der Waals surface area contributed by atoms with Gasteiger partial charge in [-0.15, -0.1) is 0 Å². The minimum atomic E-state index is -0.300. The van der Waals surface area contributed by atoms with Crippen LogP contribution in [0.4, 0.5) is 10.5 Å². The van der Waals surface area contributed by atoms with E-state index in [0.29, 0.717) is 23.1 Å². The van der Waals surface area contributed by atoms with E-state index >= 15 is 0 Å². The van der Waals surface area contributed by atoms with Gasteiger partial charge in [0, 0.05) is 19.4 Å². The predicted molar refractivity (Wildman–Crippen MR) is 94.0 cm³/mol. The SMILES string of the molecule is CCOC1CC(NC(=O)Nc2ccc(OC(C)C)c(Cl)c2)C1OC. The molecule has 6 nitrogen and oxygen atoms in total. The lowest BCUT2D eigenvalue weighted by Gasteiger charge is -2.43. The highest BCUT2D eigenvalue weighted by atomic mass is 35.5. The van der Waals surface area contributed by atoms with Crippen LogP contribution in [-0.4, -0.2) is 44.1 Å². The average Bonchev–Trinajstić information content (AvgIpc) is 2.49. The number of methoxy groups -OCH3 is 1. The summed E-state index contributed by atoms with van der Waals surface area (Å²) in [6.45, 7) is 6.43. The summed E-state index contributed by atoms with van der Waals surface area (Å²) in [6, 6.07) is 4.79. The zero-order valence-corrected chi connectivity index (χ0v) is 15.2. The number of rotatable bonds is 7. The molecule has 0 bridgehead atoms. The van der Waals surface area contributed by atoms with Crippen molar-refractivity contribution in [3.8, 4) is 5.75 Å². The molecule has 1 aromatic rings. The molecule has 0 radical (unpaired) electrons. The monoisotopic (exact) mass is 356 g/mol. The second-order valence-electron chi connectivity index (χ2n) is 5.95. The molecule has 2 rings (SSSR count). The van der Waals surface area contributed by atoms with Gasteiger partial charge in [0.05, 0.1) is 23.3 Å². The Hall–Kier alpha value is -1.50. The van der Waals surface area contributed by atoms with E-state index in [1.165, 1.54) is 0 Å². The Morgan fingerprint density at radius 1 is 1.42 bits per heavy atom. The lowest BCUT2D eigenvalue weighted by molar-refractivity contribution is -0.128. The van der Waals surface area contributed by atoms with Gasteiger partial charge in [-0.2, -0.15) is 0 Å². The Balaban J connectivity index is 1.88. The summed E-state index contributed by atoms with van der Waals surface area (Å²) in [5.41, 5.74) is 0.600. The van der Waals surface area contributed by atoms with Crippen molar-refractivity contribution in [3.63, 3.8) is 0 Å². The van der Waals surface area contributed by atoms with E-state index in [-0.39, 0.29) is 30.4 Å². The molecule has 0 aromatic heterocycles. The largest absolute Gasteiger partial charge is 0.489 e. The Bertz CT molecular complexity index is 568. The Morgan fingerprint density at radius 3 is 2.75 bits per heavy atom. The summed E-state index contributed by atoms with van der Waals surface area (Å²) >= 11 is 6.17. The summed E-state index contributed by atoms with van der Waals surface area (Å²) in [5.74, 6) is 0.593. The van der Waals surface area contributed by atoms with E-state index < -0.39 is 0 Å². The van der Waals surface area contributed by atoms with Crippen molar-refractivity contribution in [3.05, 3.63) is 23.2 Å². The molecule has 24 heavy (non-hydrogen) atoms. The molecular weight excluding hydrogens is 332 g/mol. The van der Waals surface area contributed by atoms with E-state index in [2.05, 4.69) is 10.6 Å². The number of amides is 2. The molecule has 1 aliphatic rings. The molecule has 2 N–H and O–H groups in total. The molecule has 2 amide bonds. The first kappa shape index (κ1) is 18.8. The normalized spacial score (nSPS) is 22.8. The molecule has 134 valence electrons. The Morgan fingerprint density at radius 2 is 2.17 bits per heavy atom. The number of carbonyl (C=O) groups excluding carboxylic acids is 1. The maximum atomic E-state index is 12.1. The van der Waals surface area contributed by atoms with Crippen LogP contribution < -0.4 is 15.4 Å². The second-order valence-corrected chi connectivity index (χ2v) is 6.35. The molecule has 1 saturated carbocycles. The molecule has 0 heterocycles. The molecule has 7 heteroatoms. The molecule has 3 unspecified atom stereocenters. The molecule has 0 aliphatic heterocycles. The Labute approximate surface area is 147 Å². The van der Waals surface area contributed by atoms with Crippen LogP contribution >= 0.6 is 11.6 Å². The van der Waals surface area contributed by atoms with E-state index in [4.69, 9.17) is 25.8 Å². The number of hydrogen-bond acceptors (Lipinski definition) is 4. The quantitative estimate of drug-likeness (QED) is 0.785. The van der Waals surface area contributed by atoms with Crippen LogP contribution in [0.3, 0.4) is 0 Å². The fraction of sp³-hybridized carbons (Fsp3) is 0.588. The third kappa shape index (κ3) is 4.75. The first-order valence-corrected chi connectivity index (χ1v) is 8.50. The van der Waals surface area contributed by atoms with Gasteiger partial charge < -0.3 is 24.8 Å². The van der Waals surface area contributed by atoms with Gasteiger partial charge in [0.15, 0.2) is 0 Å². The van der Waals surface area contributed by atoms with Crippen LogP contribution in [0.2, 0.25) is 5.02 Å². The number of hydrogen-bond donors (Lipinski definition) is 2. The van der Waals surface area contributed by atoms with Crippen LogP contribution in [0.5, 0.6) is 5.75 Å². The standard InChI is InChI=1S/C17H25ClN2O4/c1-5-23-15-9-13(16(15)22-4)20-17(21)19-11-6-7-14(12(18)8-11)24-10(2)3/h6-8,10,13,15-16H,5,9H2,1-4H3,(H2,19,20,21). The molecule has 1 aromatic carbocycles. The van der Waals surface area contributed by atoms with Crippen LogP contribution in [0, 0.1) is 0 Å². The van der Waals surface area contributed by atoms with E-state index in [0.717, 1.165) is 6.42 Å². The molecule has 0 spiro atoms. The first-order chi connectivity index (χ1) is 11.4. The number of anilines is 1. The summed E-state index contributed by atoms with van der Waals surface area (Å²) < 4.78 is 16.5. The fourth-order valence-electron chi connectivity index (χ4n) is 2.68. The number of carbonyl (C=O) groups is 1. The fourth-order valence-corrected chi connectivity index (χ4v) is 2.90. The smallest absolute Gasteiger partial charge is 0.319 e. The zero-order valence-electron chi connectivity index (χ0n) is 14.5. The van der Waals surface area contributed by atoms with Gasteiger partial charge in [-0.1, -0.05) is 11.6 Å². The third-order valence-electron chi connectivity index (χ3n) is 3.77. The van der Waals surface area contributed by atoms with Crippen molar-refractivity contribution < 1.29 is 19.0 Å². The second kappa shape index (κ2) is 8.55. The molecule has 3 atom stereocenters. The van der Waals surface area contributed by atoms with Gasteiger partial charge in [0.2, 0.25) is 0 Å². The van der Waals surface area contributed by atoms with Gasteiger partial charge in [0.25, 0.3) is 0 Å². The summed E-state index contributed by atoms with van der Waals surface area (Å²) in [6.07, 6.45) is 0.683. The van der Waals surface area contributed by atoms with Gasteiger partial charge in [0.1, 0.15) is 11.9 Å². The van der Waals surface area contributed by atoms with Crippen LogP contribution in [0.1, 0.15) is 27.2 Å². The molecule has 0 saturated heterocycles. The lowest BCUT2D eigenvalue weighted by atomic mass is 9.85. The van der Waals surface area contributed by atoms with Crippen molar-refractivity contribution in [1.82, 2.24) is 5.32 Å². The summed E-state index contributed by atoms with van der Waals surface area (Å²) in [4.78, 5) is 12.1. The predicted octanol–water partition coefficient (Wildman–Crippen LogP) is 3.44. The molecule has 1 fully saturated rings. The topological polar surface area (TPSA) is 68.8 Å². The van der Waals surface area contributed by atoms with Gasteiger partial charge in [-0.25, -0.2) is 4.79 Å². The minimum absolute atomic E-state index is 0.0345. The van der Waals surface area contributed by atoms with Crippen molar-refractivity contribution in [2.24, 2.45) is 0 Å². The number of nitrogens with one attached hydrogen (secondary N) is 2. The summed E-state index contributed by atoms with van der Waals surface area (Å²) in [7, 11) is 1.62. The Kier molecular flexibility index (Phi) is 6.71. The van der Waals surface area contributed by atoms with Crippen molar-refractivity contribution in [2.45, 2.75) is 51.5 Å². The minimum Gasteiger partial charge on any atom is -0.489 e. The van der Waals surface area contributed by atoms with E-state index in [1.54, 1.807) is 25.3 Å². The maximum Gasteiger partial charge on any atom is 0.319 e. The number of halogens is 1. The van der Waals surface area contributed by atoms with Gasteiger partial charge in [-0.3, -0.25) is 0 Å². The van der Waals surface area contributed by atoms with Crippen molar-refractivity contribution >= 4 is 23.3 Å². The van der Waals surface area contributed by atoms with Gasteiger partial charge >= 0.3 is 6.03 Å². The zero-order chi connectivity index (χ0) is 17.7. The molecule has 1 aliphatic carbocycles. The third-order valence-corrected chi connectivity index (χ3v) is 4.07. The number of urea groups is 1. The number of ether oxygens (including phenoxy) is 3. The van der Waals surface area contributed by atoms with Crippen LogP contribution in [-0.2, 0) is 9.47 Å². The maximum absolute atomic E-state index is 12.1. The highest BCUT2D eigenvalue weighted by molar-refractivity contribution is 6.32. The van der Waals surface area contributed by atoms with Gasteiger partial charge in [-0.05, 0) is 45.4 Å². The highest BCUT2D eigenvalue weighted by Crippen LogP contribution is 2.29. The lowest BCUT2D eigenvalue weighted by Crippen LogP contribution is -2.61. The van der Waals surface area contributed by atoms with Crippen LogP contribution in [0.25, 0.3) is 0 Å².